The summed E-state index contributed by atoms with van der Waals surface area (Å²) in [4.78, 5) is 0. The van der Waals surface area contributed by atoms with Gasteiger partial charge < -0.3 is 4.52 Å². The van der Waals surface area contributed by atoms with Gasteiger partial charge in [0.1, 0.15) is 0 Å². The Kier molecular flexibility index (Phi) is 2.76. The van der Waals surface area contributed by atoms with E-state index in [-0.39, 0.29) is 0 Å². The van der Waals surface area contributed by atoms with Crippen LogP contribution in [0.4, 0.5) is 0 Å². The summed E-state index contributed by atoms with van der Waals surface area (Å²) in [6, 6.07) is 0. The summed E-state index contributed by atoms with van der Waals surface area (Å²) in [6.07, 6.45) is 0. The van der Waals surface area contributed by atoms with Crippen LogP contribution in [0.5, 0.6) is 0 Å². The quantitative estimate of drug-likeness (QED) is 0.480. The van der Waals surface area contributed by atoms with Crippen molar-refractivity contribution in [3.63, 3.8) is 0 Å². The molecule has 5 heavy (non-hydrogen) atoms. The van der Waals surface area contributed by atoms with Gasteiger partial charge in [0.05, 0.1) is 8.30 Å². The fourth-order valence-electron chi connectivity index (χ4n) is 0. The van der Waals surface area contributed by atoms with E-state index in [1.807, 2.05) is 6.66 Å². The molecule has 1 atom stereocenters. The Balaban J connectivity index is 2.54. The molecule has 0 aliphatic heterocycles. The summed E-state index contributed by atoms with van der Waals surface area (Å²) < 4.78 is 4.59. The molecule has 0 saturated carbocycles. The van der Waals surface area contributed by atoms with Crippen molar-refractivity contribution >= 4 is 8.30 Å². The highest BCUT2D eigenvalue weighted by atomic mass is 31.2. The fourth-order valence-corrected chi connectivity index (χ4v) is 0. The molecule has 2 nitrogen and oxygen atoms in total. The number of hydrogen-bond acceptors (Lipinski definition) is 2. The van der Waals surface area contributed by atoms with Gasteiger partial charge in [-0.1, -0.05) is 0 Å². The van der Waals surface area contributed by atoms with Crippen LogP contribution in [-0.4, -0.2) is 13.8 Å². The zero-order chi connectivity index (χ0) is 4.28. The van der Waals surface area contributed by atoms with E-state index in [1.165, 1.54) is 0 Å². The topological polar surface area (TPSA) is 35.2 Å². The third kappa shape index (κ3) is 4.35. The maximum Gasteiger partial charge on any atom is 0.0946 e. The highest BCUT2D eigenvalue weighted by Gasteiger charge is 1.78. The van der Waals surface area contributed by atoms with Crippen LogP contribution in [-0.2, 0) is 4.52 Å². The molecule has 32 valence electrons. The van der Waals surface area contributed by atoms with E-state index in [9.17, 15) is 0 Å². The Hall–Kier alpha value is 0.350. The Morgan fingerprint density at radius 3 is 2.00 bits per heavy atom. The van der Waals surface area contributed by atoms with Gasteiger partial charge in [0.2, 0.25) is 0 Å². The number of rotatable bonds is 1. The molecule has 0 radical (unpaired) electrons. The van der Waals surface area contributed by atoms with Gasteiger partial charge in [0.15, 0.2) is 0 Å². The maximum atomic E-state index is 5.13. The summed E-state index contributed by atoms with van der Waals surface area (Å²) in [5.41, 5.74) is 5.13. The standard InChI is InChI=1S/C2H8NOP/c1-4-5(2)3/h3H2,1-2H3. The third-order valence-electron chi connectivity index (χ3n) is 0.288. The predicted molar refractivity (Wildman–Crippen MR) is 24.0 cm³/mol. The molecule has 0 aliphatic rings. The first-order valence-electron chi connectivity index (χ1n) is 1.30. The molecule has 0 fully saturated rings. The van der Waals surface area contributed by atoms with Gasteiger partial charge in [0.25, 0.3) is 0 Å². The molecule has 3 heteroatoms. The van der Waals surface area contributed by atoms with Crippen molar-refractivity contribution in [1.82, 2.24) is 0 Å². The molecule has 0 heterocycles. The lowest BCUT2D eigenvalue weighted by atomic mass is 11.8. The molecular weight excluding hydrogens is 85.0 g/mol. The Morgan fingerprint density at radius 1 is 1.80 bits per heavy atom. The average molecular weight is 93.1 g/mol. The van der Waals surface area contributed by atoms with Crippen molar-refractivity contribution in [3.8, 4) is 0 Å². The van der Waals surface area contributed by atoms with Crippen LogP contribution in [0.2, 0.25) is 0 Å². The summed E-state index contributed by atoms with van der Waals surface area (Å²) in [7, 11) is 1.00. The van der Waals surface area contributed by atoms with Crippen molar-refractivity contribution in [3.05, 3.63) is 0 Å². The van der Waals surface area contributed by atoms with E-state index in [0.717, 1.165) is 0 Å². The molecule has 0 bridgehead atoms. The fraction of sp³-hybridized carbons (Fsp3) is 1.00. The van der Waals surface area contributed by atoms with Gasteiger partial charge in [0, 0.05) is 7.11 Å². The van der Waals surface area contributed by atoms with Gasteiger partial charge in [-0.3, -0.25) is 5.50 Å². The molecule has 0 aliphatic carbocycles. The zero-order valence-corrected chi connectivity index (χ0v) is 4.33. The highest BCUT2D eigenvalue weighted by Crippen LogP contribution is 2.16. The van der Waals surface area contributed by atoms with Crippen LogP contribution in [0, 0.1) is 0 Å². The summed E-state index contributed by atoms with van der Waals surface area (Å²) in [5.74, 6) is 0. The first-order chi connectivity index (χ1) is 2.27. The summed E-state index contributed by atoms with van der Waals surface area (Å²) >= 11 is 0. The van der Waals surface area contributed by atoms with Gasteiger partial charge in [-0.15, -0.1) is 0 Å². The molecule has 0 aromatic heterocycles. The molecule has 0 aromatic rings. The second-order valence-electron chi connectivity index (χ2n) is 0.729. The lowest BCUT2D eigenvalue weighted by Gasteiger charge is -1.94. The second-order valence-corrected chi connectivity index (χ2v) is 2.19. The first kappa shape index (κ1) is 5.35. The van der Waals surface area contributed by atoms with E-state index in [4.69, 9.17) is 5.50 Å². The normalized spacial score (nSPS) is 15.0. The third-order valence-corrected chi connectivity index (χ3v) is 0.864. The molecule has 0 aromatic carbocycles. The Labute approximate surface area is 33.2 Å². The molecule has 0 spiro atoms. The van der Waals surface area contributed by atoms with Gasteiger partial charge in [-0.25, -0.2) is 0 Å². The zero-order valence-electron chi connectivity index (χ0n) is 3.43. The van der Waals surface area contributed by atoms with Crippen LogP contribution >= 0.6 is 8.30 Å². The highest BCUT2D eigenvalue weighted by molar-refractivity contribution is 7.48. The van der Waals surface area contributed by atoms with Crippen LogP contribution in [0.3, 0.4) is 0 Å². The molecule has 2 N–H and O–H groups in total. The van der Waals surface area contributed by atoms with Gasteiger partial charge in [-0.2, -0.15) is 0 Å². The van der Waals surface area contributed by atoms with E-state index >= 15 is 0 Å². The van der Waals surface area contributed by atoms with Gasteiger partial charge in [-0.05, 0) is 6.66 Å². The van der Waals surface area contributed by atoms with Crippen LogP contribution in [0.1, 0.15) is 0 Å². The average Bonchev–Trinajstić information content (AvgIpc) is 1.38. The largest absolute Gasteiger partial charge is 0.347 e. The second kappa shape index (κ2) is 2.58. The molecule has 0 rings (SSSR count). The molecular formula is C2H8NOP. The maximum absolute atomic E-state index is 5.13. The van der Waals surface area contributed by atoms with Crippen LogP contribution in [0.25, 0.3) is 0 Å². The first-order valence-corrected chi connectivity index (χ1v) is 3.07. The van der Waals surface area contributed by atoms with Gasteiger partial charge >= 0.3 is 0 Å². The van der Waals surface area contributed by atoms with Crippen LogP contribution < -0.4 is 5.50 Å². The minimum absolute atomic E-state index is 0.598. The summed E-state index contributed by atoms with van der Waals surface area (Å²) in [5, 5.41) is 0. The summed E-state index contributed by atoms with van der Waals surface area (Å²) in [6.45, 7) is 1.84. The monoisotopic (exact) mass is 93.0 g/mol. The smallest absolute Gasteiger partial charge is 0.0946 e. The van der Waals surface area contributed by atoms with Crippen molar-refractivity contribution in [2.75, 3.05) is 13.8 Å². The molecule has 1 unspecified atom stereocenters. The minimum atomic E-state index is -0.598. The van der Waals surface area contributed by atoms with Crippen LogP contribution in [0.15, 0.2) is 0 Å². The lowest BCUT2D eigenvalue weighted by molar-refractivity contribution is 0.465. The SMILES string of the molecule is COP(C)N. The number of nitrogens with two attached hydrogens (primary N) is 1. The molecule has 0 saturated heterocycles. The van der Waals surface area contributed by atoms with Crippen molar-refractivity contribution in [1.29, 1.82) is 0 Å². The van der Waals surface area contributed by atoms with Crippen molar-refractivity contribution in [2.45, 2.75) is 0 Å². The van der Waals surface area contributed by atoms with E-state index in [1.54, 1.807) is 7.11 Å². The predicted octanol–water partition coefficient (Wildman–Crippen LogP) is 0.533. The lowest BCUT2D eigenvalue weighted by Crippen LogP contribution is -1.84. The van der Waals surface area contributed by atoms with E-state index in [0.29, 0.717) is 0 Å². The van der Waals surface area contributed by atoms with E-state index < -0.39 is 8.30 Å². The number of hydrogen-bond donors (Lipinski definition) is 1. The Bertz CT molecular complexity index is 23.6. The van der Waals surface area contributed by atoms with Crippen molar-refractivity contribution < 1.29 is 4.52 Å². The van der Waals surface area contributed by atoms with Crippen molar-refractivity contribution in [2.24, 2.45) is 5.50 Å². The van der Waals surface area contributed by atoms with E-state index in [2.05, 4.69) is 4.52 Å². The minimum Gasteiger partial charge on any atom is -0.347 e. The molecule has 0 amide bonds. The Morgan fingerprint density at radius 2 is 2.00 bits per heavy atom.